The number of piperazine rings is 1. The van der Waals surface area contributed by atoms with Crippen LogP contribution < -0.4 is 10.6 Å². The summed E-state index contributed by atoms with van der Waals surface area (Å²) in [5, 5.41) is 6.98. The molecule has 1 atom stereocenters. The molecule has 110 valence electrons. The van der Waals surface area contributed by atoms with Gasteiger partial charge in [-0.3, -0.25) is 9.88 Å². The van der Waals surface area contributed by atoms with E-state index in [0.717, 1.165) is 25.6 Å². The zero-order valence-electron chi connectivity index (χ0n) is 12.2. The molecule has 0 saturated carbocycles. The van der Waals surface area contributed by atoms with Gasteiger partial charge in [-0.25, -0.2) is 0 Å². The SMILES string of the molecule is c1cncc(C2CNCCN2CCC2CCNCC2)c1. The number of nitrogens with one attached hydrogen (secondary N) is 2. The Morgan fingerprint density at radius 2 is 2.10 bits per heavy atom. The predicted octanol–water partition coefficient (Wildman–Crippen LogP) is 1.42. The number of piperidine rings is 1. The Morgan fingerprint density at radius 3 is 2.90 bits per heavy atom. The van der Waals surface area contributed by atoms with Gasteiger partial charge in [-0.05, 0) is 56.4 Å². The average Bonchev–Trinajstić information content (AvgIpc) is 2.55. The van der Waals surface area contributed by atoms with Gasteiger partial charge in [0.25, 0.3) is 0 Å². The van der Waals surface area contributed by atoms with Crippen LogP contribution in [-0.4, -0.2) is 49.2 Å². The van der Waals surface area contributed by atoms with E-state index in [1.165, 1.54) is 44.5 Å². The predicted molar refractivity (Wildman–Crippen MR) is 81.6 cm³/mol. The molecule has 2 aliphatic heterocycles. The maximum Gasteiger partial charge on any atom is 0.0488 e. The van der Waals surface area contributed by atoms with Crippen LogP contribution in [0.1, 0.15) is 30.9 Å². The second-order valence-electron chi connectivity index (χ2n) is 6.02. The normalized spacial score (nSPS) is 25.7. The number of rotatable bonds is 4. The minimum atomic E-state index is 0.499. The monoisotopic (exact) mass is 274 g/mol. The van der Waals surface area contributed by atoms with E-state index in [0.29, 0.717) is 6.04 Å². The van der Waals surface area contributed by atoms with E-state index in [9.17, 15) is 0 Å². The van der Waals surface area contributed by atoms with Crippen molar-refractivity contribution in [1.29, 1.82) is 0 Å². The van der Waals surface area contributed by atoms with Gasteiger partial charge in [-0.2, -0.15) is 0 Å². The van der Waals surface area contributed by atoms with Crippen molar-refractivity contribution in [2.45, 2.75) is 25.3 Å². The zero-order valence-corrected chi connectivity index (χ0v) is 12.2. The molecule has 3 rings (SSSR count). The minimum absolute atomic E-state index is 0.499. The third-order valence-corrected chi connectivity index (χ3v) is 4.71. The molecule has 0 aliphatic carbocycles. The third kappa shape index (κ3) is 3.57. The van der Waals surface area contributed by atoms with Crippen LogP contribution in [0.3, 0.4) is 0 Å². The molecule has 3 heterocycles. The van der Waals surface area contributed by atoms with Crippen LogP contribution >= 0.6 is 0 Å². The summed E-state index contributed by atoms with van der Waals surface area (Å²) in [6, 6.07) is 4.76. The highest BCUT2D eigenvalue weighted by Gasteiger charge is 2.24. The number of pyridine rings is 1. The van der Waals surface area contributed by atoms with Gasteiger partial charge in [0, 0.05) is 38.1 Å². The average molecular weight is 274 g/mol. The molecule has 2 saturated heterocycles. The van der Waals surface area contributed by atoms with Crippen molar-refractivity contribution >= 4 is 0 Å². The maximum atomic E-state index is 4.28. The molecule has 0 radical (unpaired) electrons. The first-order valence-corrected chi connectivity index (χ1v) is 7.99. The van der Waals surface area contributed by atoms with E-state index >= 15 is 0 Å². The molecule has 2 fully saturated rings. The fraction of sp³-hybridized carbons (Fsp3) is 0.688. The summed E-state index contributed by atoms with van der Waals surface area (Å²) in [5.74, 6) is 0.917. The highest BCUT2D eigenvalue weighted by molar-refractivity contribution is 5.15. The Labute approximate surface area is 122 Å². The van der Waals surface area contributed by atoms with Crippen LogP contribution in [0.25, 0.3) is 0 Å². The van der Waals surface area contributed by atoms with Crippen LogP contribution in [0, 0.1) is 5.92 Å². The van der Waals surface area contributed by atoms with Crippen molar-refractivity contribution in [2.75, 3.05) is 39.3 Å². The lowest BCUT2D eigenvalue weighted by Gasteiger charge is -2.37. The maximum absolute atomic E-state index is 4.28. The van der Waals surface area contributed by atoms with Crippen LogP contribution in [0.15, 0.2) is 24.5 Å². The molecule has 4 nitrogen and oxygen atoms in total. The van der Waals surface area contributed by atoms with E-state index in [-0.39, 0.29) is 0 Å². The largest absolute Gasteiger partial charge is 0.317 e. The van der Waals surface area contributed by atoms with E-state index < -0.39 is 0 Å². The molecule has 0 bridgehead atoms. The van der Waals surface area contributed by atoms with Gasteiger partial charge in [0.2, 0.25) is 0 Å². The highest BCUT2D eigenvalue weighted by atomic mass is 15.2. The van der Waals surface area contributed by atoms with Crippen LogP contribution in [0.2, 0.25) is 0 Å². The molecule has 0 spiro atoms. The Kier molecular flexibility index (Phi) is 5.01. The molecule has 0 amide bonds. The summed E-state index contributed by atoms with van der Waals surface area (Å²) in [6.07, 6.45) is 7.93. The van der Waals surface area contributed by atoms with E-state index in [4.69, 9.17) is 0 Å². The molecular weight excluding hydrogens is 248 g/mol. The summed E-state index contributed by atoms with van der Waals surface area (Å²) >= 11 is 0. The molecule has 2 N–H and O–H groups in total. The number of hydrogen-bond acceptors (Lipinski definition) is 4. The van der Waals surface area contributed by atoms with E-state index in [1.807, 2.05) is 12.4 Å². The lowest BCUT2D eigenvalue weighted by molar-refractivity contribution is 0.146. The van der Waals surface area contributed by atoms with Crippen molar-refractivity contribution in [1.82, 2.24) is 20.5 Å². The van der Waals surface area contributed by atoms with Gasteiger partial charge in [-0.1, -0.05) is 6.07 Å². The van der Waals surface area contributed by atoms with Gasteiger partial charge >= 0.3 is 0 Å². The minimum Gasteiger partial charge on any atom is -0.317 e. The molecule has 20 heavy (non-hydrogen) atoms. The fourth-order valence-electron chi connectivity index (χ4n) is 3.43. The third-order valence-electron chi connectivity index (χ3n) is 4.71. The molecule has 1 unspecified atom stereocenters. The van der Waals surface area contributed by atoms with E-state index in [1.54, 1.807) is 0 Å². The first kappa shape index (κ1) is 14.0. The number of aromatic nitrogens is 1. The van der Waals surface area contributed by atoms with Crippen molar-refractivity contribution < 1.29 is 0 Å². The first-order valence-electron chi connectivity index (χ1n) is 7.99. The Morgan fingerprint density at radius 1 is 1.20 bits per heavy atom. The van der Waals surface area contributed by atoms with Crippen LogP contribution in [0.4, 0.5) is 0 Å². The van der Waals surface area contributed by atoms with Gasteiger partial charge in [-0.15, -0.1) is 0 Å². The molecule has 1 aromatic rings. The Bertz CT molecular complexity index is 389. The van der Waals surface area contributed by atoms with Gasteiger partial charge < -0.3 is 10.6 Å². The Balaban J connectivity index is 1.57. The lowest BCUT2D eigenvalue weighted by atomic mass is 9.93. The van der Waals surface area contributed by atoms with Gasteiger partial charge in [0.05, 0.1) is 0 Å². The Hall–Kier alpha value is -0.970. The summed E-state index contributed by atoms with van der Waals surface area (Å²) in [4.78, 5) is 6.93. The molecule has 2 aliphatic rings. The zero-order chi connectivity index (χ0) is 13.6. The summed E-state index contributed by atoms with van der Waals surface area (Å²) < 4.78 is 0. The molecule has 1 aromatic heterocycles. The lowest BCUT2D eigenvalue weighted by Crippen LogP contribution is -2.46. The number of nitrogens with zero attached hydrogens (tertiary/aromatic N) is 2. The molecular formula is C16H26N4. The van der Waals surface area contributed by atoms with Crippen molar-refractivity contribution in [3.05, 3.63) is 30.1 Å². The van der Waals surface area contributed by atoms with Crippen LogP contribution in [0.5, 0.6) is 0 Å². The summed E-state index contributed by atoms with van der Waals surface area (Å²) in [5.41, 5.74) is 1.35. The second-order valence-corrected chi connectivity index (χ2v) is 6.02. The van der Waals surface area contributed by atoms with Crippen molar-refractivity contribution in [2.24, 2.45) is 5.92 Å². The summed E-state index contributed by atoms with van der Waals surface area (Å²) in [6.45, 7) is 6.97. The molecule has 4 heteroatoms. The smallest absolute Gasteiger partial charge is 0.0488 e. The van der Waals surface area contributed by atoms with Gasteiger partial charge in [0.15, 0.2) is 0 Å². The first-order chi connectivity index (χ1) is 9.93. The van der Waals surface area contributed by atoms with Crippen LogP contribution in [-0.2, 0) is 0 Å². The quantitative estimate of drug-likeness (QED) is 0.871. The standard InChI is InChI=1S/C16H26N4/c1-2-15(12-18-6-1)16-13-19-9-11-20(16)10-5-14-3-7-17-8-4-14/h1-2,6,12,14,16-17,19H,3-5,7-11,13H2. The number of hydrogen-bond donors (Lipinski definition) is 2. The van der Waals surface area contributed by atoms with Crippen molar-refractivity contribution in [3.8, 4) is 0 Å². The highest BCUT2D eigenvalue weighted by Crippen LogP contribution is 2.24. The fourth-order valence-corrected chi connectivity index (χ4v) is 3.43. The molecule has 0 aromatic carbocycles. The van der Waals surface area contributed by atoms with E-state index in [2.05, 4.69) is 32.7 Å². The summed E-state index contributed by atoms with van der Waals surface area (Å²) in [7, 11) is 0. The van der Waals surface area contributed by atoms with Gasteiger partial charge in [0.1, 0.15) is 0 Å². The van der Waals surface area contributed by atoms with Crippen molar-refractivity contribution in [3.63, 3.8) is 0 Å². The topological polar surface area (TPSA) is 40.2 Å². The second kappa shape index (κ2) is 7.16.